The standard InChI is InChI=1S/C23H44O5/c1-2-3-4-5-6-7-8-9-10-11-12-13-14-15-16-17-27-21(18-24)23-22(26)20(25)19-28-23/h8-9,20-26H,2-7,10-19H2,1H3/b9-8+/t20-,21+,22-,23-/m0/s1. The summed E-state index contributed by atoms with van der Waals surface area (Å²) in [7, 11) is 0. The molecule has 0 bridgehead atoms. The third-order valence-corrected chi connectivity index (χ3v) is 5.47. The van der Waals surface area contributed by atoms with Crippen molar-refractivity contribution >= 4 is 0 Å². The summed E-state index contributed by atoms with van der Waals surface area (Å²) in [6.07, 6.45) is 17.9. The Balaban J connectivity index is 1.87. The Morgan fingerprint density at radius 2 is 1.46 bits per heavy atom. The molecule has 5 heteroatoms. The van der Waals surface area contributed by atoms with Crippen molar-refractivity contribution in [2.45, 2.75) is 115 Å². The van der Waals surface area contributed by atoms with Crippen LogP contribution in [0.1, 0.15) is 90.4 Å². The van der Waals surface area contributed by atoms with Crippen LogP contribution in [0.2, 0.25) is 0 Å². The largest absolute Gasteiger partial charge is 0.394 e. The lowest BCUT2D eigenvalue weighted by Crippen LogP contribution is -2.42. The molecule has 28 heavy (non-hydrogen) atoms. The third kappa shape index (κ3) is 11.5. The third-order valence-electron chi connectivity index (χ3n) is 5.47. The zero-order chi connectivity index (χ0) is 20.5. The Bertz CT molecular complexity index is 374. The van der Waals surface area contributed by atoms with Crippen molar-refractivity contribution in [3.8, 4) is 0 Å². The van der Waals surface area contributed by atoms with E-state index in [0.717, 1.165) is 12.8 Å². The van der Waals surface area contributed by atoms with Crippen LogP contribution >= 0.6 is 0 Å². The smallest absolute Gasteiger partial charge is 0.114 e. The summed E-state index contributed by atoms with van der Waals surface area (Å²) in [5, 5.41) is 28.7. The van der Waals surface area contributed by atoms with E-state index in [0.29, 0.717) is 6.61 Å². The molecule has 166 valence electrons. The normalized spacial score (nSPS) is 23.6. The van der Waals surface area contributed by atoms with Crippen LogP contribution in [0.5, 0.6) is 0 Å². The van der Waals surface area contributed by atoms with Crippen molar-refractivity contribution in [3.05, 3.63) is 12.2 Å². The lowest BCUT2D eigenvalue weighted by atomic mass is 10.1. The van der Waals surface area contributed by atoms with Crippen molar-refractivity contribution in [2.75, 3.05) is 19.8 Å². The van der Waals surface area contributed by atoms with Gasteiger partial charge in [-0.2, -0.15) is 0 Å². The fourth-order valence-electron chi connectivity index (χ4n) is 3.61. The van der Waals surface area contributed by atoms with Gasteiger partial charge in [-0.05, 0) is 32.1 Å². The molecule has 1 aliphatic heterocycles. The predicted molar refractivity (Wildman–Crippen MR) is 113 cm³/mol. The van der Waals surface area contributed by atoms with Crippen molar-refractivity contribution < 1.29 is 24.8 Å². The zero-order valence-electron chi connectivity index (χ0n) is 17.9. The van der Waals surface area contributed by atoms with E-state index in [4.69, 9.17) is 9.47 Å². The molecule has 1 rings (SSSR count). The van der Waals surface area contributed by atoms with Crippen molar-refractivity contribution in [1.82, 2.24) is 0 Å². The van der Waals surface area contributed by atoms with Crippen LogP contribution in [0.25, 0.3) is 0 Å². The summed E-state index contributed by atoms with van der Waals surface area (Å²) in [5.74, 6) is 0. The fraction of sp³-hybridized carbons (Fsp3) is 0.913. The van der Waals surface area contributed by atoms with Gasteiger partial charge in [0.1, 0.15) is 24.4 Å². The highest BCUT2D eigenvalue weighted by molar-refractivity contribution is 4.88. The quantitative estimate of drug-likeness (QED) is 0.238. The second-order valence-electron chi connectivity index (χ2n) is 8.03. The average Bonchev–Trinajstić information content (AvgIpc) is 3.03. The maximum absolute atomic E-state index is 9.82. The minimum Gasteiger partial charge on any atom is -0.394 e. The molecule has 0 spiro atoms. The van der Waals surface area contributed by atoms with E-state index in [1.807, 2.05) is 0 Å². The number of hydrogen-bond donors (Lipinski definition) is 3. The number of ether oxygens (including phenoxy) is 2. The van der Waals surface area contributed by atoms with Crippen molar-refractivity contribution in [2.24, 2.45) is 0 Å². The van der Waals surface area contributed by atoms with Gasteiger partial charge in [0.15, 0.2) is 0 Å². The number of unbranched alkanes of at least 4 members (excludes halogenated alkanes) is 11. The van der Waals surface area contributed by atoms with E-state index in [-0.39, 0.29) is 13.2 Å². The molecule has 0 unspecified atom stereocenters. The maximum atomic E-state index is 9.82. The van der Waals surface area contributed by atoms with Gasteiger partial charge < -0.3 is 24.8 Å². The van der Waals surface area contributed by atoms with Crippen LogP contribution in [-0.4, -0.2) is 59.6 Å². The summed E-state index contributed by atoms with van der Waals surface area (Å²) in [6.45, 7) is 2.70. The van der Waals surface area contributed by atoms with Crippen LogP contribution in [0, 0.1) is 0 Å². The number of allylic oxidation sites excluding steroid dienone is 2. The highest BCUT2D eigenvalue weighted by Gasteiger charge is 2.40. The molecule has 0 aromatic carbocycles. The van der Waals surface area contributed by atoms with Crippen LogP contribution < -0.4 is 0 Å². The summed E-state index contributed by atoms with van der Waals surface area (Å²) in [4.78, 5) is 0. The first-order valence-electron chi connectivity index (χ1n) is 11.6. The van der Waals surface area contributed by atoms with Crippen molar-refractivity contribution in [1.29, 1.82) is 0 Å². The number of rotatable bonds is 18. The molecule has 0 aliphatic carbocycles. The van der Waals surface area contributed by atoms with E-state index in [2.05, 4.69) is 19.1 Å². The number of aliphatic hydroxyl groups excluding tert-OH is 3. The summed E-state index contributed by atoms with van der Waals surface area (Å²) in [5.41, 5.74) is 0. The first-order valence-corrected chi connectivity index (χ1v) is 11.6. The van der Waals surface area contributed by atoms with E-state index in [1.54, 1.807) is 0 Å². The van der Waals surface area contributed by atoms with Crippen LogP contribution in [-0.2, 0) is 9.47 Å². The predicted octanol–water partition coefficient (Wildman–Crippen LogP) is 4.13. The molecule has 1 saturated heterocycles. The molecule has 0 aromatic rings. The molecule has 0 aromatic heterocycles. The molecule has 0 amide bonds. The maximum Gasteiger partial charge on any atom is 0.114 e. The summed E-state index contributed by atoms with van der Waals surface area (Å²) >= 11 is 0. The van der Waals surface area contributed by atoms with Crippen LogP contribution in [0.3, 0.4) is 0 Å². The molecule has 4 atom stereocenters. The Hall–Kier alpha value is -0.460. The van der Waals surface area contributed by atoms with Gasteiger partial charge in [-0.15, -0.1) is 0 Å². The first-order chi connectivity index (χ1) is 13.7. The molecule has 0 radical (unpaired) electrons. The second-order valence-corrected chi connectivity index (χ2v) is 8.03. The second kappa shape index (κ2) is 17.4. The first kappa shape index (κ1) is 25.6. The van der Waals surface area contributed by atoms with Crippen molar-refractivity contribution in [3.63, 3.8) is 0 Å². The molecular formula is C23H44O5. The molecule has 1 heterocycles. The molecule has 0 saturated carbocycles. The van der Waals surface area contributed by atoms with Gasteiger partial charge in [0.2, 0.25) is 0 Å². The zero-order valence-corrected chi connectivity index (χ0v) is 17.9. The Labute approximate surface area is 172 Å². The Morgan fingerprint density at radius 3 is 2.00 bits per heavy atom. The van der Waals surface area contributed by atoms with E-state index < -0.39 is 24.4 Å². The molecule has 3 N–H and O–H groups in total. The Kier molecular flexibility index (Phi) is 15.9. The lowest BCUT2D eigenvalue weighted by molar-refractivity contribution is -0.101. The topological polar surface area (TPSA) is 79.2 Å². The lowest BCUT2D eigenvalue weighted by Gasteiger charge is -2.24. The van der Waals surface area contributed by atoms with E-state index in [9.17, 15) is 15.3 Å². The number of aliphatic hydroxyl groups is 3. The summed E-state index contributed by atoms with van der Waals surface area (Å²) in [6, 6.07) is 0. The van der Waals surface area contributed by atoms with Gasteiger partial charge in [0.05, 0.1) is 13.2 Å². The van der Waals surface area contributed by atoms with E-state index in [1.165, 1.54) is 70.6 Å². The fourth-order valence-corrected chi connectivity index (χ4v) is 3.61. The van der Waals surface area contributed by atoms with Gasteiger partial charge in [-0.1, -0.05) is 70.4 Å². The van der Waals surface area contributed by atoms with Gasteiger partial charge in [-0.3, -0.25) is 0 Å². The van der Waals surface area contributed by atoms with Crippen LogP contribution in [0.4, 0.5) is 0 Å². The Morgan fingerprint density at radius 1 is 0.893 bits per heavy atom. The minimum absolute atomic E-state index is 0.0971. The average molecular weight is 401 g/mol. The number of hydrogen-bond acceptors (Lipinski definition) is 5. The van der Waals surface area contributed by atoms with E-state index >= 15 is 0 Å². The monoisotopic (exact) mass is 400 g/mol. The van der Waals surface area contributed by atoms with Crippen LogP contribution in [0.15, 0.2) is 12.2 Å². The SMILES string of the molecule is CCCCCCC/C=C/CCCCCCCCO[C@H](CO)[C@@H]1OC[C@H](O)[C@@H]1O. The molecule has 5 nitrogen and oxygen atoms in total. The van der Waals surface area contributed by atoms with Gasteiger partial charge in [0.25, 0.3) is 0 Å². The molecular weight excluding hydrogens is 356 g/mol. The molecule has 1 fully saturated rings. The minimum atomic E-state index is -0.979. The van der Waals surface area contributed by atoms with Gasteiger partial charge in [0, 0.05) is 6.61 Å². The van der Waals surface area contributed by atoms with Gasteiger partial charge >= 0.3 is 0 Å². The highest BCUT2D eigenvalue weighted by atomic mass is 16.6. The highest BCUT2D eigenvalue weighted by Crippen LogP contribution is 2.20. The summed E-state index contributed by atoms with van der Waals surface area (Å²) < 4.78 is 11.0. The van der Waals surface area contributed by atoms with Gasteiger partial charge in [-0.25, -0.2) is 0 Å². The molecule has 1 aliphatic rings.